The molecule has 0 unspecified atom stereocenters. The number of carbonyl (C=O) groups is 1. The Hall–Kier alpha value is -2.71. The number of methoxy groups -OCH3 is 2. The van der Waals surface area contributed by atoms with Gasteiger partial charge in [-0.1, -0.05) is 41.6 Å². The van der Waals surface area contributed by atoms with Gasteiger partial charge in [0.2, 0.25) is 5.91 Å². The lowest BCUT2D eigenvalue weighted by molar-refractivity contribution is -0.118. The minimum absolute atomic E-state index is 0.107. The lowest BCUT2D eigenvalue weighted by Gasteiger charge is -2.20. The molecule has 0 aliphatic carbocycles. The molecule has 1 heterocycles. The zero-order valence-corrected chi connectivity index (χ0v) is 19.3. The molecule has 0 saturated heterocycles. The Balaban J connectivity index is 1.88. The van der Waals surface area contributed by atoms with E-state index in [9.17, 15) is 4.79 Å². The molecule has 2 aromatic rings. The fraction of sp³-hybridized carbons (Fsp3) is 0.318. The number of carbonyl (C=O) groups excluding carboxylic acids is 1. The molecule has 0 atom stereocenters. The molecule has 7 nitrogen and oxygen atoms in total. The van der Waals surface area contributed by atoms with Gasteiger partial charge >= 0.3 is 0 Å². The summed E-state index contributed by atoms with van der Waals surface area (Å²) in [5.41, 5.74) is 1.04. The van der Waals surface area contributed by atoms with E-state index < -0.39 is 0 Å². The quantitative estimate of drug-likeness (QED) is 0.210. The molecular formula is C22H27ClN4O3S. The molecule has 0 saturated carbocycles. The highest BCUT2D eigenvalue weighted by molar-refractivity contribution is 7.99. The Morgan fingerprint density at radius 2 is 1.87 bits per heavy atom. The number of amides is 1. The molecule has 1 aromatic heterocycles. The second kappa shape index (κ2) is 12.9. The van der Waals surface area contributed by atoms with E-state index in [1.807, 2.05) is 23.1 Å². The van der Waals surface area contributed by atoms with E-state index in [0.717, 1.165) is 5.56 Å². The summed E-state index contributed by atoms with van der Waals surface area (Å²) in [6.45, 7) is 9.21. The van der Waals surface area contributed by atoms with Crippen LogP contribution in [0.5, 0.6) is 11.5 Å². The van der Waals surface area contributed by atoms with E-state index in [-0.39, 0.29) is 11.7 Å². The van der Waals surface area contributed by atoms with E-state index in [1.165, 1.54) is 11.8 Å². The van der Waals surface area contributed by atoms with Crippen molar-refractivity contribution in [2.24, 2.45) is 0 Å². The molecule has 166 valence electrons. The summed E-state index contributed by atoms with van der Waals surface area (Å²) in [7, 11) is 3.19. The van der Waals surface area contributed by atoms with E-state index in [0.29, 0.717) is 53.7 Å². The summed E-state index contributed by atoms with van der Waals surface area (Å²) in [4.78, 5) is 22.9. The van der Waals surface area contributed by atoms with Gasteiger partial charge in [0.1, 0.15) is 11.0 Å². The zero-order valence-electron chi connectivity index (χ0n) is 17.8. The number of nitrogens with one attached hydrogen (secondary N) is 1. The van der Waals surface area contributed by atoms with Crippen LogP contribution >= 0.6 is 23.4 Å². The van der Waals surface area contributed by atoms with Crippen molar-refractivity contribution in [3.05, 3.63) is 60.3 Å². The van der Waals surface area contributed by atoms with Crippen LogP contribution in [0.15, 0.2) is 54.7 Å². The first-order chi connectivity index (χ1) is 15.0. The number of rotatable bonds is 13. The zero-order chi connectivity index (χ0) is 22.6. The summed E-state index contributed by atoms with van der Waals surface area (Å²) in [5.74, 6) is 2.08. The molecule has 2 rings (SSSR count). The summed E-state index contributed by atoms with van der Waals surface area (Å²) < 4.78 is 10.5. The van der Waals surface area contributed by atoms with E-state index in [1.54, 1.807) is 32.4 Å². The number of hydrogen-bond acceptors (Lipinski definition) is 7. The van der Waals surface area contributed by atoms with Crippen LogP contribution in [0.2, 0.25) is 5.15 Å². The number of aromatic nitrogens is 2. The lowest BCUT2D eigenvalue weighted by Crippen LogP contribution is -2.27. The fourth-order valence-electron chi connectivity index (χ4n) is 2.75. The van der Waals surface area contributed by atoms with Crippen LogP contribution in [0, 0.1) is 0 Å². The van der Waals surface area contributed by atoms with Crippen LogP contribution in [-0.2, 0) is 11.2 Å². The van der Waals surface area contributed by atoms with Gasteiger partial charge in [0, 0.05) is 25.7 Å². The van der Waals surface area contributed by atoms with Crippen molar-refractivity contribution >= 4 is 35.1 Å². The van der Waals surface area contributed by atoms with Crippen LogP contribution in [0.1, 0.15) is 5.56 Å². The van der Waals surface area contributed by atoms with Gasteiger partial charge in [0.05, 0.1) is 20.0 Å². The van der Waals surface area contributed by atoms with Crippen molar-refractivity contribution in [2.75, 3.05) is 44.5 Å². The van der Waals surface area contributed by atoms with Crippen molar-refractivity contribution in [2.45, 2.75) is 11.6 Å². The highest BCUT2D eigenvalue weighted by Gasteiger charge is 2.12. The van der Waals surface area contributed by atoms with Crippen molar-refractivity contribution in [1.29, 1.82) is 0 Å². The topological polar surface area (TPSA) is 76.6 Å². The largest absolute Gasteiger partial charge is 0.493 e. The molecule has 0 bridgehead atoms. The maximum Gasteiger partial charge on any atom is 0.230 e. The second-order valence-electron chi connectivity index (χ2n) is 6.39. The van der Waals surface area contributed by atoms with Gasteiger partial charge in [0.15, 0.2) is 16.7 Å². The van der Waals surface area contributed by atoms with Gasteiger partial charge in [-0.05, 0) is 24.1 Å². The Kier molecular flexibility index (Phi) is 10.2. The summed E-state index contributed by atoms with van der Waals surface area (Å²) in [6.07, 6.45) is 4.23. The van der Waals surface area contributed by atoms with Gasteiger partial charge < -0.3 is 19.7 Å². The van der Waals surface area contributed by atoms with Crippen molar-refractivity contribution in [3.8, 4) is 11.5 Å². The summed E-state index contributed by atoms with van der Waals surface area (Å²) in [6, 6.07) is 7.38. The normalized spacial score (nSPS) is 10.3. The molecule has 0 fully saturated rings. The minimum Gasteiger partial charge on any atom is -0.493 e. The smallest absolute Gasteiger partial charge is 0.230 e. The molecule has 0 radical (unpaired) electrons. The Morgan fingerprint density at radius 1 is 1.16 bits per heavy atom. The molecule has 0 aliphatic heterocycles. The predicted molar refractivity (Wildman–Crippen MR) is 127 cm³/mol. The van der Waals surface area contributed by atoms with Crippen molar-refractivity contribution in [3.63, 3.8) is 0 Å². The maximum absolute atomic E-state index is 12.2. The highest BCUT2D eigenvalue weighted by Crippen LogP contribution is 2.27. The number of anilines is 1. The average Bonchev–Trinajstić information content (AvgIpc) is 2.77. The number of nitrogens with zero attached hydrogens (tertiary/aromatic N) is 3. The second-order valence-corrected chi connectivity index (χ2v) is 7.72. The van der Waals surface area contributed by atoms with E-state index in [2.05, 4.69) is 28.4 Å². The first-order valence-electron chi connectivity index (χ1n) is 9.62. The van der Waals surface area contributed by atoms with Gasteiger partial charge in [-0.25, -0.2) is 9.97 Å². The van der Waals surface area contributed by atoms with Crippen LogP contribution in [0.4, 0.5) is 5.82 Å². The third kappa shape index (κ3) is 7.80. The van der Waals surface area contributed by atoms with Gasteiger partial charge in [-0.15, -0.1) is 13.2 Å². The standard InChI is InChI=1S/C22H27ClN4O3S/c1-5-11-27(12-6-2)20-14-19(23)25-22(26-20)31-15-21(28)24-10-9-16-7-8-17(29-3)18(13-16)30-4/h5-8,13-14H,1-2,9-12,15H2,3-4H3,(H,24,28). The Bertz CT molecular complexity index is 900. The molecular weight excluding hydrogens is 436 g/mol. The molecule has 31 heavy (non-hydrogen) atoms. The predicted octanol–water partition coefficient (Wildman–Crippen LogP) is 3.78. The molecule has 1 N–H and O–H groups in total. The first kappa shape index (κ1) is 24.6. The van der Waals surface area contributed by atoms with Gasteiger partial charge in [-0.2, -0.15) is 0 Å². The third-order valence-corrected chi connectivity index (χ3v) is 5.24. The lowest BCUT2D eigenvalue weighted by atomic mass is 10.1. The minimum atomic E-state index is -0.107. The van der Waals surface area contributed by atoms with Crippen molar-refractivity contribution in [1.82, 2.24) is 15.3 Å². The number of hydrogen-bond donors (Lipinski definition) is 1. The molecule has 1 aromatic carbocycles. The van der Waals surface area contributed by atoms with Gasteiger partial charge in [0.25, 0.3) is 0 Å². The summed E-state index contributed by atoms with van der Waals surface area (Å²) in [5, 5.41) is 3.66. The maximum atomic E-state index is 12.2. The monoisotopic (exact) mass is 462 g/mol. The third-order valence-electron chi connectivity index (χ3n) is 4.20. The van der Waals surface area contributed by atoms with E-state index >= 15 is 0 Å². The molecule has 1 amide bonds. The van der Waals surface area contributed by atoms with E-state index in [4.69, 9.17) is 21.1 Å². The number of thioether (sulfide) groups is 1. The number of benzene rings is 1. The highest BCUT2D eigenvalue weighted by atomic mass is 35.5. The van der Waals surface area contributed by atoms with Crippen LogP contribution < -0.4 is 19.7 Å². The van der Waals surface area contributed by atoms with Crippen LogP contribution in [0.3, 0.4) is 0 Å². The Labute approximate surface area is 192 Å². The van der Waals surface area contributed by atoms with Crippen LogP contribution in [-0.4, -0.2) is 55.5 Å². The SMILES string of the molecule is C=CCN(CC=C)c1cc(Cl)nc(SCC(=O)NCCc2ccc(OC)c(OC)c2)n1. The average molecular weight is 463 g/mol. The molecule has 0 spiro atoms. The summed E-state index contributed by atoms with van der Waals surface area (Å²) >= 11 is 7.38. The number of halogens is 1. The molecule has 9 heteroatoms. The number of ether oxygens (including phenoxy) is 2. The molecule has 0 aliphatic rings. The van der Waals surface area contributed by atoms with Crippen LogP contribution in [0.25, 0.3) is 0 Å². The fourth-order valence-corrected chi connectivity index (χ4v) is 3.66. The first-order valence-corrected chi connectivity index (χ1v) is 11.0. The van der Waals surface area contributed by atoms with Gasteiger partial charge in [-0.3, -0.25) is 4.79 Å². The van der Waals surface area contributed by atoms with Crippen molar-refractivity contribution < 1.29 is 14.3 Å². The Morgan fingerprint density at radius 3 is 2.52 bits per heavy atom.